The molecule has 0 spiro atoms. The molecule has 2 saturated heterocycles. The van der Waals surface area contributed by atoms with Crippen molar-refractivity contribution in [1.82, 2.24) is 24.6 Å². The first-order chi connectivity index (χ1) is 14.0. The van der Waals surface area contributed by atoms with Gasteiger partial charge in [0.2, 0.25) is 0 Å². The molecule has 0 saturated carbocycles. The summed E-state index contributed by atoms with van der Waals surface area (Å²) < 4.78 is 7.34. The molecule has 1 amide bonds. The molecule has 2 fully saturated rings. The Morgan fingerprint density at radius 1 is 1.31 bits per heavy atom. The third-order valence-corrected chi connectivity index (χ3v) is 5.80. The number of nitrogens with zero attached hydrogens (tertiary/aromatic N) is 6. The predicted octanol–water partition coefficient (Wildman–Crippen LogP) is 2.10. The van der Waals surface area contributed by atoms with Gasteiger partial charge in [0, 0.05) is 37.0 Å². The molecule has 1 unspecified atom stereocenters. The number of hydrogen-bond acceptors (Lipinski definition) is 8. The van der Waals surface area contributed by atoms with Gasteiger partial charge in [0.25, 0.3) is 5.69 Å². The normalized spacial score (nSPS) is 24.7. The van der Waals surface area contributed by atoms with Gasteiger partial charge in [0.15, 0.2) is 0 Å². The minimum atomic E-state index is -0.458. The highest BCUT2D eigenvalue weighted by atomic mass is 32.1. The zero-order valence-electron chi connectivity index (χ0n) is 15.7. The topological polar surface area (TPSA) is 107 Å². The van der Waals surface area contributed by atoms with E-state index < -0.39 is 11.0 Å². The molecule has 3 atom stereocenters. The second-order valence-corrected chi connectivity index (χ2v) is 8.04. The first kappa shape index (κ1) is 19.6. The van der Waals surface area contributed by atoms with E-state index in [9.17, 15) is 14.9 Å². The summed E-state index contributed by atoms with van der Waals surface area (Å²) in [4.78, 5) is 31.0. The van der Waals surface area contributed by atoms with Crippen molar-refractivity contribution >= 4 is 24.4 Å². The first-order valence-electron chi connectivity index (χ1n) is 9.44. The number of nitro benzene ring substituents is 1. The fourth-order valence-corrected chi connectivity index (χ4v) is 4.30. The minimum absolute atomic E-state index is 0.00793. The Kier molecular flexibility index (Phi) is 5.67. The molecule has 0 radical (unpaired) electrons. The SMILES string of the molecule is O=C(OCc1ccc([N+](=O)[O-])cc1)N1C[C@@H](S)C[C@H]1N1CCC(n2cncn2)C1. The van der Waals surface area contributed by atoms with Gasteiger partial charge in [-0.1, -0.05) is 0 Å². The Hall–Kier alpha value is -2.66. The van der Waals surface area contributed by atoms with Gasteiger partial charge in [-0.3, -0.25) is 19.9 Å². The van der Waals surface area contributed by atoms with Gasteiger partial charge in [0.05, 0.1) is 17.1 Å². The van der Waals surface area contributed by atoms with Crippen LogP contribution in [-0.4, -0.2) is 66.6 Å². The summed E-state index contributed by atoms with van der Waals surface area (Å²) >= 11 is 4.58. The number of amides is 1. The van der Waals surface area contributed by atoms with Crippen LogP contribution in [0.25, 0.3) is 0 Å². The van der Waals surface area contributed by atoms with Crippen molar-refractivity contribution in [2.24, 2.45) is 0 Å². The third kappa shape index (κ3) is 4.35. The number of thiol groups is 1. The highest BCUT2D eigenvalue weighted by molar-refractivity contribution is 7.81. The Morgan fingerprint density at radius 2 is 2.10 bits per heavy atom. The summed E-state index contributed by atoms with van der Waals surface area (Å²) in [6.07, 6.45) is 4.52. The van der Waals surface area contributed by atoms with Crippen molar-refractivity contribution in [3.05, 3.63) is 52.6 Å². The highest BCUT2D eigenvalue weighted by Crippen LogP contribution is 2.31. The van der Waals surface area contributed by atoms with Crippen LogP contribution in [0.15, 0.2) is 36.9 Å². The van der Waals surface area contributed by atoms with E-state index in [4.69, 9.17) is 4.74 Å². The van der Waals surface area contributed by atoms with Crippen LogP contribution < -0.4 is 0 Å². The summed E-state index contributed by atoms with van der Waals surface area (Å²) in [5.74, 6) is 0. The molecule has 29 heavy (non-hydrogen) atoms. The van der Waals surface area contributed by atoms with Gasteiger partial charge in [-0.05, 0) is 30.5 Å². The number of aromatic nitrogens is 3. The Morgan fingerprint density at radius 3 is 2.79 bits per heavy atom. The number of carbonyl (C=O) groups excluding carboxylic acids is 1. The number of hydrogen-bond donors (Lipinski definition) is 1. The lowest BCUT2D eigenvalue weighted by molar-refractivity contribution is -0.384. The molecule has 4 rings (SSSR count). The fraction of sp³-hybridized carbons (Fsp3) is 0.500. The lowest BCUT2D eigenvalue weighted by atomic mass is 10.2. The van der Waals surface area contributed by atoms with E-state index in [1.165, 1.54) is 18.5 Å². The summed E-state index contributed by atoms with van der Waals surface area (Å²) in [6, 6.07) is 6.24. The molecular weight excluding hydrogens is 396 g/mol. The molecular formula is C18H22N6O4S. The van der Waals surface area contributed by atoms with Crippen LogP contribution in [0.2, 0.25) is 0 Å². The molecule has 0 bridgehead atoms. The number of likely N-dealkylation sites (tertiary alicyclic amines) is 2. The smallest absolute Gasteiger partial charge is 0.411 e. The van der Waals surface area contributed by atoms with E-state index in [-0.39, 0.29) is 29.8 Å². The largest absolute Gasteiger partial charge is 0.445 e. The maximum absolute atomic E-state index is 12.7. The van der Waals surface area contributed by atoms with E-state index in [0.29, 0.717) is 12.1 Å². The Labute approximate surface area is 173 Å². The molecule has 2 aromatic rings. The number of rotatable bonds is 5. The van der Waals surface area contributed by atoms with Gasteiger partial charge >= 0.3 is 6.09 Å². The second-order valence-electron chi connectivity index (χ2n) is 7.31. The first-order valence-corrected chi connectivity index (χ1v) is 9.96. The molecule has 0 N–H and O–H groups in total. The Bertz CT molecular complexity index is 862. The van der Waals surface area contributed by atoms with Crippen LogP contribution in [0.1, 0.15) is 24.4 Å². The van der Waals surface area contributed by atoms with Crippen LogP contribution in [0.4, 0.5) is 10.5 Å². The third-order valence-electron chi connectivity index (χ3n) is 5.42. The summed E-state index contributed by atoms with van der Waals surface area (Å²) in [6.45, 7) is 2.25. The van der Waals surface area contributed by atoms with Gasteiger partial charge in [-0.15, -0.1) is 0 Å². The van der Waals surface area contributed by atoms with Crippen LogP contribution in [0, 0.1) is 10.1 Å². The highest BCUT2D eigenvalue weighted by Gasteiger charge is 2.41. The molecule has 11 heteroatoms. The molecule has 0 aliphatic carbocycles. The molecule has 154 valence electrons. The number of benzene rings is 1. The van der Waals surface area contributed by atoms with Gasteiger partial charge in [0.1, 0.15) is 19.3 Å². The monoisotopic (exact) mass is 418 g/mol. The van der Waals surface area contributed by atoms with Crippen molar-refractivity contribution in [2.45, 2.75) is 36.9 Å². The standard InChI is InChI=1S/C18H22N6O4S/c25-18(28-10-13-1-3-14(4-2-13)24(26)27)22-9-16(29)7-17(22)21-6-5-15(8-21)23-12-19-11-20-23/h1-4,11-12,15-17,29H,5-10H2/t15?,16-,17-/m0/s1. The van der Waals surface area contributed by atoms with E-state index >= 15 is 0 Å². The van der Waals surface area contributed by atoms with Crippen LogP contribution in [0.5, 0.6) is 0 Å². The molecule has 1 aromatic carbocycles. The van der Waals surface area contributed by atoms with Crippen molar-refractivity contribution in [1.29, 1.82) is 0 Å². The number of ether oxygens (including phenoxy) is 1. The van der Waals surface area contributed by atoms with Crippen LogP contribution in [-0.2, 0) is 11.3 Å². The van der Waals surface area contributed by atoms with E-state index in [1.807, 2.05) is 4.68 Å². The fourth-order valence-electron chi connectivity index (χ4n) is 3.94. The molecule has 1 aromatic heterocycles. The maximum Gasteiger partial charge on any atom is 0.411 e. The average Bonchev–Trinajstić information content (AvgIpc) is 3.46. The number of carbonyl (C=O) groups is 1. The van der Waals surface area contributed by atoms with Crippen molar-refractivity contribution in [2.75, 3.05) is 19.6 Å². The molecule has 2 aliphatic heterocycles. The zero-order chi connectivity index (χ0) is 20.4. The van der Waals surface area contributed by atoms with Crippen molar-refractivity contribution in [3.8, 4) is 0 Å². The van der Waals surface area contributed by atoms with Gasteiger partial charge < -0.3 is 4.74 Å². The van der Waals surface area contributed by atoms with Crippen LogP contribution in [0.3, 0.4) is 0 Å². The van der Waals surface area contributed by atoms with E-state index in [2.05, 4.69) is 27.6 Å². The number of nitro groups is 1. The second kappa shape index (κ2) is 8.37. The van der Waals surface area contributed by atoms with Crippen molar-refractivity contribution < 1.29 is 14.5 Å². The lowest BCUT2D eigenvalue weighted by Crippen LogP contribution is -2.46. The zero-order valence-corrected chi connectivity index (χ0v) is 16.6. The summed E-state index contributed by atoms with van der Waals surface area (Å²) in [5, 5.41) is 15.1. The molecule has 2 aliphatic rings. The van der Waals surface area contributed by atoms with E-state index in [1.54, 1.807) is 23.4 Å². The predicted molar refractivity (Wildman–Crippen MR) is 106 cm³/mol. The molecule has 3 heterocycles. The van der Waals surface area contributed by atoms with Gasteiger partial charge in [-0.2, -0.15) is 17.7 Å². The summed E-state index contributed by atoms with van der Waals surface area (Å²) in [7, 11) is 0. The molecule has 10 nitrogen and oxygen atoms in total. The van der Waals surface area contributed by atoms with Crippen molar-refractivity contribution in [3.63, 3.8) is 0 Å². The van der Waals surface area contributed by atoms with E-state index in [0.717, 1.165) is 25.9 Å². The summed E-state index contributed by atoms with van der Waals surface area (Å²) in [5.41, 5.74) is 0.711. The van der Waals surface area contributed by atoms with Gasteiger partial charge in [-0.25, -0.2) is 14.5 Å². The van der Waals surface area contributed by atoms with Crippen LogP contribution >= 0.6 is 12.6 Å². The quantitative estimate of drug-likeness (QED) is 0.450. The average molecular weight is 418 g/mol. The Balaban J connectivity index is 1.36. The minimum Gasteiger partial charge on any atom is -0.445 e. The lowest BCUT2D eigenvalue weighted by Gasteiger charge is -2.31. The maximum atomic E-state index is 12.7. The number of non-ortho nitro benzene ring substituents is 1.